The summed E-state index contributed by atoms with van der Waals surface area (Å²) in [6.45, 7) is 8.59. The number of nitrogens with zero attached hydrogens (tertiary/aromatic N) is 3. The molecule has 1 aliphatic heterocycles. The number of aromatic nitrogens is 2. The Kier molecular flexibility index (Phi) is 5.63. The molecule has 1 aliphatic rings. The van der Waals surface area contributed by atoms with Gasteiger partial charge in [0, 0.05) is 30.3 Å². The molecule has 0 N–H and O–H groups in total. The highest BCUT2D eigenvalue weighted by molar-refractivity contribution is 7.99. The summed E-state index contributed by atoms with van der Waals surface area (Å²) in [7, 11) is 0. The zero-order valence-electron chi connectivity index (χ0n) is 15.6. The van der Waals surface area contributed by atoms with Crippen molar-refractivity contribution in [1.82, 2.24) is 14.5 Å². The summed E-state index contributed by atoms with van der Waals surface area (Å²) >= 11 is 3.26. The Morgan fingerprint density at radius 3 is 2.67 bits per heavy atom. The Hall–Kier alpha value is -1.67. The van der Waals surface area contributed by atoms with Crippen LogP contribution in [0.2, 0.25) is 0 Å². The van der Waals surface area contributed by atoms with Gasteiger partial charge in [-0.1, -0.05) is 30.0 Å². The number of morpholine rings is 1. The highest BCUT2D eigenvalue weighted by Crippen LogP contribution is 2.29. The molecular weight excluding hydrogens is 378 g/mol. The predicted octanol–water partition coefficient (Wildman–Crippen LogP) is 3.49. The fourth-order valence-corrected chi connectivity index (χ4v) is 5.35. The lowest BCUT2D eigenvalue weighted by Gasteiger charge is -2.26. The summed E-state index contributed by atoms with van der Waals surface area (Å²) in [4.78, 5) is 22.6. The van der Waals surface area contributed by atoms with Gasteiger partial charge in [0.25, 0.3) is 5.56 Å². The second-order valence-corrected chi connectivity index (χ2v) is 8.90. The summed E-state index contributed by atoms with van der Waals surface area (Å²) in [5.41, 5.74) is 1.94. The van der Waals surface area contributed by atoms with Gasteiger partial charge in [-0.2, -0.15) is 0 Å². The smallest absolute Gasteiger partial charge is 0.267 e. The third-order valence-corrected chi connectivity index (χ3v) is 6.95. The van der Waals surface area contributed by atoms with Crippen LogP contribution in [0.4, 0.5) is 0 Å². The number of aryl methyl sites for hydroxylation is 2. The minimum absolute atomic E-state index is 0.0296. The first-order chi connectivity index (χ1) is 13.1. The molecular formula is C20H23N3O2S2. The van der Waals surface area contributed by atoms with Crippen molar-refractivity contribution in [2.24, 2.45) is 0 Å². The lowest BCUT2D eigenvalue weighted by atomic mass is 10.2. The minimum Gasteiger partial charge on any atom is -0.379 e. The first kappa shape index (κ1) is 18.7. The minimum atomic E-state index is 0.0296. The fourth-order valence-electron chi connectivity index (χ4n) is 3.27. The van der Waals surface area contributed by atoms with Gasteiger partial charge in [0.05, 0.1) is 24.3 Å². The number of rotatable bonds is 5. The zero-order valence-corrected chi connectivity index (χ0v) is 17.2. The third kappa shape index (κ3) is 3.82. The van der Waals surface area contributed by atoms with Crippen molar-refractivity contribution in [3.05, 3.63) is 51.1 Å². The van der Waals surface area contributed by atoms with Crippen LogP contribution in [0.3, 0.4) is 0 Å². The molecule has 1 saturated heterocycles. The van der Waals surface area contributed by atoms with Crippen LogP contribution >= 0.6 is 23.1 Å². The quantitative estimate of drug-likeness (QED) is 0.484. The number of hydrogen-bond acceptors (Lipinski definition) is 6. The van der Waals surface area contributed by atoms with Crippen LogP contribution in [-0.2, 0) is 4.74 Å². The highest BCUT2D eigenvalue weighted by atomic mass is 32.2. The van der Waals surface area contributed by atoms with Gasteiger partial charge in [0.15, 0.2) is 5.16 Å². The monoisotopic (exact) mass is 401 g/mol. The number of thioether (sulfide) groups is 1. The van der Waals surface area contributed by atoms with Crippen LogP contribution in [-0.4, -0.2) is 53.1 Å². The van der Waals surface area contributed by atoms with E-state index < -0.39 is 0 Å². The second kappa shape index (κ2) is 8.14. The van der Waals surface area contributed by atoms with Crippen molar-refractivity contribution >= 4 is 33.3 Å². The van der Waals surface area contributed by atoms with E-state index in [2.05, 4.69) is 11.8 Å². The molecule has 0 aliphatic carbocycles. The Balaban J connectivity index is 1.70. The van der Waals surface area contributed by atoms with Crippen LogP contribution in [0.25, 0.3) is 15.9 Å². The molecule has 0 spiro atoms. The van der Waals surface area contributed by atoms with E-state index in [4.69, 9.17) is 9.72 Å². The van der Waals surface area contributed by atoms with E-state index in [0.717, 1.165) is 70.1 Å². The molecule has 2 aromatic heterocycles. The molecule has 27 heavy (non-hydrogen) atoms. The normalized spacial score (nSPS) is 15.5. The van der Waals surface area contributed by atoms with Gasteiger partial charge < -0.3 is 4.74 Å². The lowest BCUT2D eigenvalue weighted by Crippen LogP contribution is -2.37. The van der Waals surface area contributed by atoms with Crippen molar-refractivity contribution in [2.45, 2.75) is 19.0 Å². The second-order valence-electron chi connectivity index (χ2n) is 6.64. The van der Waals surface area contributed by atoms with Crippen LogP contribution in [0, 0.1) is 13.8 Å². The lowest BCUT2D eigenvalue weighted by molar-refractivity contribution is 0.0410. The highest BCUT2D eigenvalue weighted by Gasteiger charge is 2.18. The number of thiophene rings is 1. The van der Waals surface area contributed by atoms with Gasteiger partial charge in [-0.05, 0) is 31.5 Å². The number of hydrogen-bond donors (Lipinski definition) is 0. The Bertz CT molecular complexity index is 992. The molecule has 3 heterocycles. The van der Waals surface area contributed by atoms with E-state index >= 15 is 0 Å². The van der Waals surface area contributed by atoms with E-state index in [1.807, 2.05) is 37.3 Å². The van der Waals surface area contributed by atoms with Crippen molar-refractivity contribution in [3.8, 4) is 5.69 Å². The Morgan fingerprint density at radius 1 is 1.19 bits per heavy atom. The van der Waals surface area contributed by atoms with Crippen LogP contribution in [0.15, 0.2) is 40.3 Å². The molecule has 3 aromatic rings. The van der Waals surface area contributed by atoms with Gasteiger partial charge in [0.1, 0.15) is 4.83 Å². The standard InChI is InChI=1S/C20H23N3O2S2/c1-14-15(2)27-18-17(14)19(24)23(16-6-4-3-5-7-16)20(21-18)26-13-10-22-8-11-25-12-9-22/h3-7H,8-13H2,1-2H3. The van der Waals surface area contributed by atoms with E-state index in [0.29, 0.717) is 0 Å². The van der Waals surface area contributed by atoms with E-state index in [-0.39, 0.29) is 5.56 Å². The number of fused-ring (bicyclic) bond motifs is 1. The molecule has 5 nitrogen and oxygen atoms in total. The van der Waals surface area contributed by atoms with E-state index in [1.165, 1.54) is 0 Å². The van der Waals surface area contributed by atoms with Gasteiger partial charge >= 0.3 is 0 Å². The molecule has 0 amide bonds. The van der Waals surface area contributed by atoms with Crippen LogP contribution in [0.1, 0.15) is 10.4 Å². The van der Waals surface area contributed by atoms with E-state index in [1.54, 1.807) is 27.7 Å². The largest absolute Gasteiger partial charge is 0.379 e. The van der Waals surface area contributed by atoms with E-state index in [9.17, 15) is 4.79 Å². The van der Waals surface area contributed by atoms with Crippen LogP contribution < -0.4 is 5.56 Å². The zero-order chi connectivity index (χ0) is 18.8. The average Bonchev–Trinajstić information content (AvgIpc) is 2.97. The van der Waals surface area contributed by atoms with Gasteiger partial charge in [0.2, 0.25) is 0 Å². The van der Waals surface area contributed by atoms with Gasteiger partial charge in [-0.15, -0.1) is 11.3 Å². The fraction of sp³-hybridized carbons (Fsp3) is 0.400. The summed E-state index contributed by atoms with van der Waals surface area (Å²) in [5.74, 6) is 0.897. The molecule has 7 heteroatoms. The molecule has 0 unspecified atom stereocenters. The molecule has 0 radical (unpaired) electrons. The molecule has 142 valence electrons. The predicted molar refractivity (Wildman–Crippen MR) is 113 cm³/mol. The van der Waals surface area contributed by atoms with Crippen molar-refractivity contribution in [3.63, 3.8) is 0 Å². The Morgan fingerprint density at radius 2 is 1.93 bits per heavy atom. The molecule has 0 saturated carbocycles. The molecule has 0 atom stereocenters. The van der Waals surface area contributed by atoms with Crippen molar-refractivity contribution in [1.29, 1.82) is 0 Å². The molecule has 1 aromatic carbocycles. The SMILES string of the molecule is Cc1sc2nc(SCCN3CCOCC3)n(-c3ccccc3)c(=O)c2c1C. The maximum atomic E-state index is 13.3. The number of ether oxygens (including phenoxy) is 1. The van der Waals surface area contributed by atoms with Gasteiger partial charge in [-0.25, -0.2) is 4.98 Å². The topological polar surface area (TPSA) is 47.4 Å². The van der Waals surface area contributed by atoms with Crippen LogP contribution in [0.5, 0.6) is 0 Å². The molecule has 0 bridgehead atoms. The summed E-state index contributed by atoms with van der Waals surface area (Å²) in [5, 5.41) is 1.52. The summed E-state index contributed by atoms with van der Waals surface area (Å²) in [6, 6.07) is 9.82. The maximum absolute atomic E-state index is 13.3. The molecule has 1 fully saturated rings. The Labute approximate surface area is 167 Å². The number of benzene rings is 1. The summed E-state index contributed by atoms with van der Waals surface area (Å²) < 4.78 is 7.18. The van der Waals surface area contributed by atoms with Gasteiger partial charge in [-0.3, -0.25) is 14.3 Å². The average molecular weight is 402 g/mol. The maximum Gasteiger partial charge on any atom is 0.267 e. The number of para-hydroxylation sites is 1. The van der Waals surface area contributed by atoms with Crippen molar-refractivity contribution in [2.75, 3.05) is 38.6 Å². The summed E-state index contributed by atoms with van der Waals surface area (Å²) in [6.07, 6.45) is 0. The van der Waals surface area contributed by atoms with Crippen molar-refractivity contribution < 1.29 is 4.74 Å². The third-order valence-electron chi connectivity index (χ3n) is 4.93. The first-order valence-electron chi connectivity index (χ1n) is 9.16. The molecule has 4 rings (SSSR count). The first-order valence-corrected chi connectivity index (χ1v) is 11.0.